The summed E-state index contributed by atoms with van der Waals surface area (Å²) in [7, 11) is 0. The highest BCUT2D eigenvalue weighted by Gasteiger charge is 2.20. The zero-order valence-corrected chi connectivity index (χ0v) is 12.1. The van der Waals surface area contributed by atoms with E-state index in [4.69, 9.17) is 4.52 Å². The van der Waals surface area contributed by atoms with Gasteiger partial charge in [0, 0.05) is 18.0 Å². The molecule has 0 amide bonds. The van der Waals surface area contributed by atoms with Crippen LogP contribution in [0.1, 0.15) is 24.4 Å². The van der Waals surface area contributed by atoms with Crippen molar-refractivity contribution >= 4 is 11.3 Å². The summed E-state index contributed by atoms with van der Waals surface area (Å²) in [5, 5.41) is 19.6. The highest BCUT2D eigenvalue weighted by atomic mass is 32.1. The molecule has 0 bridgehead atoms. The highest BCUT2D eigenvalue weighted by molar-refractivity contribution is 7.08. The zero-order chi connectivity index (χ0) is 14.1. The second-order valence-electron chi connectivity index (χ2n) is 5.09. The number of nitrogens with one attached hydrogen (secondary N) is 1. The molecular formula is C13H14N6OS. The van der Waals surface area contributed by atoms with Crippen LogP contribution in [0.2, 0.25) is 0 Å². The summed E-state index contributed by atoms with van der Waals surface area (Å²) >= 11 is 1.60. The summed E-state index contributed by atoms with van der Waals surface area (Å²) in [6.45, 7) is 1.22. The van der Waals surface area contributed by atoms with E-state index < -0.39 is 0 Å². The first-order valence-electron chi connectivity index (χ1n) is 6.84. The van der Waals surface area contributed by atoms with Crippen molar-refractivity contribution in [2.45, 2.75) is 32.0 Å². The van der Waals surface area contributed by atoms with Crippen molar-refractivity contribution in [3.8, 4) is 11.5 Å². The minimum Gasteiger partial charge on any atom is -0.334 e. The Balaban J connectivity index is 1.41. The van der Waals surface area contributed by atoms with Gasteiger partial charge in [0.25, 0.3) is 5.89 Å². The van der Waals surface area contributed by atoms with Gasteiger partial charge in [0.1, 0.15) is 6.54 Å². The van der Waals surface area contributed by atoms with Crippen molar-refractivity contribution in [1.82, 2.24) is 30.5 Å². The van der Waals surface area contributed by atoms with Crippen molar-refractivity contribution < 1.29 is 4.52 Å². The van der Waals surface area contributed by atoms with Gasteiger partial charge in [0.15, 0.2) is 5.82 Å². The zero-order valence-electron chi connectivity index (χ0n) is 11.3. The lowest BCUT2D eigenvalue weighted by Crippen LogP contribution is -2.15. The standard InChI is InChI=1S/C13H14N6OS/c1-2-10(1)14-5-11-6-19(18-16-11)7-12-15-13(20-17-12)9-3-4-21-8-9/h3-4,6,8,10,14H,1-2,5,7H2. The van der Waals surface area contributed by atoms with Gasteiger partial charge < -0.3 is 9.84 Å². The molecule has 0 aromatic carbocycles. The summed E-state index contributed by atoms with van der Waals surface area (Å²) < 4.78 is 6.98. The lowest BCUT2D eigenvalue weighted by Gasteiger charge is -1.96. The Kier molecular flexibility index (Phi) is 3.24. The van der Waals surface area contributed by atoms with Crippen LogP contribution < -0.4 is 5.32 Å². The van der Waals surface area contributed by atoms with Gasteiger partial charge in [0.2, 0.25) is 0 Å². The molecule has 0 spiro atoms. The average Bonchev–Trinajstić information content (AvgIpc) is 2.93. The van der Waals surface area contributed by atoms with Crippen LogP contribution in [-0.2, 0) is 13.1 Å². The molecule has 1 saturated carbocycles. The fourth-order valence-corrected chi connectivity index (χ4v) is 2.63. The third-order valence-electron chi connectivity index (χ3n) is 3.27. The Bertz CT molecular complexity index is 715. The van der Waals surface area contributed by atoms with Gasteiger partial charge in [-0.2, -0.15) is 16.3 Å². The second-order valence-corrected chi connectivity index (χ2v) is 5.87. The summed E-state index contributed by atoms with van der Waals surface area (Å²) in [6, 6.07) is 2.62. The molecular weight excluding hydrogens is 288 g/mol. The van der Waals surface area contributed by atoms with Crippen LogP contribution >= 0.6 is 11.3 Å². The Morgan fingerprint density at radius 2 is 2.38 bits per heavy atom. The van der Waals surface area contributed by atoms with Crippen LogP contribution in [0.15, 0.2) is 27.5 Å². The molecule has 1 aliphatic rings. The molecule has 0 saturated heterocycles. The Morgan fingerprint density at radius 1 is 1.43 bits per heavy atom. The van der Waals surface area contributed by atoms with Crippen molar-refractivity contribution in [2.24, 2.45) is 0 Å². The molecule has 21 heavy (non-hydrogen) atoms. The largest absolute Gasteiger partial charge is 0.334 e. The van der Waals surface area contributed by atoms with Crippen molar-refractivity contribution in [1.29, 1.82) is 0 Å². The van der Waals surface area contributed by atoms with E-state index in [0.717, 1.165) is 17.8 Å². The maximum absolute atomic E-state index is 5.25. The highest BCUT2D eigenvalue weighted by Crippen LogP contribution is 2.20. The lowest BCUT2D eigenvalue weighted by atomic mass is 10.3. The van der Waals surface area contributed by atoms with Crippen molar-refractivity contribution in [3.63, 3.8) is 0 Å². The van der Waals surface area contributed by atoms with Gasteiger partial charge in [-0.1, -0.05) is 10.4 Å². The van der Waals surface area contributed by atoms with E-state index in [-0.39, 0.29) is 0 Å². The van der Waals surface area contributed by atoms with E-state index in [1.165, 1.54) is 12.8 Å². The average molecular weight is 302 g/mol. The van der Waals surface area contributed by atoms with Gasteiger partial charge in [-0.25, -0.2) is 4.68 Å². The Hall–Kier alpha value is -2.06. The predicted octanol–water partition coefficient (Wildman–Crippen LogP) is 1.69. The maximum Gasteiger partial charge on any atom is 0.258 e. The SMILES string of the molecule is c1cc(-c2nc(Cn3cc(CNC4CC4)nn3)no2)cs1. The van der Waals surface area contributed by atoms with Gasteiger partial charge in [-0.05, 0) is 24.3 Å². The molecule has 0 aliphatic heterocycles. The van der Waals surface area contributed by atoms with Crippen molar-refractivity contribution in [3.05, 3.63) is 34.5 Å². The number of rotatable bonds is 6. The van der Waals surface area contributed by atoms with Crippen LogP contribution in [0.3, 0.4) is 0 Å². The van der Waals surface area contributed by atoms with Crippen LogP contribution in [0.25, 0.3) is 11.5 Å². The van der Waals surface area contributed by atoms with E-state index in [1.807, 2.05) is 23.0 Å². The molecule has 0 radical (unpaired) electrons. The molecule has 1 N–H and O–H groups in total. The van der Waals surface area contributed by atoms with Crippen LogP contribution in [0.4, 0.5) is 0 Å². The van der Waals surface area contributed by atoms with Crippen LogP contribution in [0.5, 0.6) is 0 Å². The Labute approximate surface area is 125 Å². The molecule has 1 aliphatic carbocycles. The third-order valence-corrected chi connectivity index (χ3v) is 3.96. The molecule has 1 fully saturated rings. The van der Waals surface area contributed by atoms with Crippen molar-refractivity contribution in [2.75, 3.05) is 0 Å². The monoisotopic (exact) mass is 302 g/mol. The normalized spacial score (nSPS) is 14.7. The first kappa shape index (κ1) is 12.7. The predicted molar refractivity (Wildman–Crippen MR) is 76.6 cm³/mol. The van der Waals surface area contributed by atoms with Crippen LogP contribution in [-0.4, -0.2) is 31.2 Å². The summed E-state index contributed by atoms with van der Waals surface area (Å²) in [6.07, 6.45) is 4.45. The summed E-state index contributed by atoms with van der Waals surface area (Å²) in [5.74, 6) is 1.14. The minimum atomic E-state index is 0.462. The maximum atomic E-state index is 5.25. The smallest absolute Gasteiger partial charge is 0.258 e. The number of aromatic nitrogens is 5. The molecule has 3 aromatic rings. The second kappa shape index (κ2) is 5.38. The molecule has 8 heteroatoms. The first-order valence-corrected chi connectivity index (χ1v) is 7.78. The number of thiophene rings is 1. The van der Waals surface area contributed by atoms with E-state index in [2.05, 4.69) is 25.8 Å². The van der Waals surface area contributed by atoms with Gasteiger partial charge in [-0.15, -0.1) is 5.10 Å². The van der Waals surface area contributed by atoms with Gasteiger partial charge in [0.05, 0.1) is 17.5 Å². The van der Waals surface area contributed by atoms with Crippen LogP contribution in [0, 0.1) is 0 Å². The number of nitrogens with zero attached hydrogens (tertiary/aromatic N) is 5. The molecule has 3 aromatic heterocycles. The topological polar surface area (TPSA) is 81.7 Å². The summed E-state index contributed by atoms with van der Waals surface area (Å²) in [5.41, 5.74) is 1.88. The molecule has 4 rings (SSSR count). The molecule has 108 valence electrons. The third kappa shape index (κ3) is 3.01. The molecule has 0 unspecified atom stereocenters. The first-order chi connectivity index (χ1) is 10.4. The van der Waals surface area contributed by atoms with E-state index >= 15 is 0 Å². The van der Waals surface area contributed by atoms with Gasteiger partial charge >= 0.3 is 0 Å². The lowest BCUT2D eigenvalue weighted by molar-refractivity contribution is 0.418. The number of hydrogen-bond acceptors (Lipinski definition) is 7. The Morgan fingerprint density at radius 3 is 3.19 bits per heavy atom. The van der Waals surface area contributed by atoms with E-state index in [0.29, 0.717) is 24.3 Å². The summed E-state index contributed by atoms with van der Waals surface area (Å²) in [4.78, 5) is 4.37. The molecule has 7 nitrogen and oxygen atoms in total. The van der Waals surface area contributed by atoms with Gasteiger partial charge in [-0.3, -0.25) is 0 Å². The fraction of sp³-hybridized carbons (Fsp3) is 0.385. The molecule has 0 atom stereocenters. The van der Waals surface area contributed by atoms with E-state index in [1.54, 1.807) is 16.0 Å². The fourth-order valence-electron chi connectivity index (χ4n) is 2.00. The van der Waals surface area contributed by atoms with E-state index in [9.17, 15) is 0 Å². The number of hydrogen-bond donors (Lipinski definition) is 1. The molecule has 3 heterocycles. The minimum absolute atomic E-state index is 0.462. The quantitative estimate of drug-likeness (QED) is 0.746.